The fourth-order valence-corrected chi connectivity index (χ4v) is 6.66. The molecule has 0 amide bonds. The Labute approximate surface area is 229 Å². The van der Waals surface area contributed by atoms with Crippen molar-refractivity contribution in [2.45, 2.75) is 83.2 Å². The van der Waals surface area contributed by atoms with Crippen LogP contribution >= 0.6 is 0 Å². The zero-order valence-corrected chi connectivity index (χ0v) is 22.8. The van der Waals surface area contributed by atoms with Gasteiger partial charge in [-0.25, -0.2) is 8.78 Å². The van der Waals surface area contributed by atoms with Crippen LogP contribution in [0.15, 0.2) is 61.7 Å². The Balaban J connectivity index is 1.56. The molecular formula is C34H39F5. The van der Waals surface area contributed by atoms with Crippen LogP contribution in [0.2, 0.25) is 0 Å². The van der Waals surface area contributed by atoms with Crippen molar-refractivity contribution in [2.24, 2.45) is 17.8 Å². The van der Waals surface area contributed by atoms with E-state index in [0.29, 0.717) is 17.9 Å². The molecule has 2 saturated carbocycles. The van der Waals surface area contributed by atoms with Crippen molar-refractivity contribution in [2.75, 3.05) is 0 Å². The van der Waals surface area contributed by atoms with Crippen LogP contribution in [0.4, 0.5) is 22.0 Å². The maximum Gasteiger partial charge on any atom is 0.416 e. The summed E-state index contributed by atoms with van der Waals surface area (Å²) in [4.78, 5) is 0. The molecule has 0 radical (unpaired) electrons. The van der Waals surface area contributed by atoms with Gasteiger partial charge in [-0.2, -0.15) is 13.2 Å². The maximum atomic E-state index is 15.5. The molecule has 2 aromatic rings. The molecule has 2 aliphatic carbocycles. The van der Waals surface area contributed by atoms with Gasteiger partial charge >= 0.3 is 6.18 Å². The molecule has 2 fully saturated rings. The van der Waals surface area contributed by atoms with Crippen LogP contribution in [0.5, 0.6) is 0 Å². The minimum atomic E-state index is -4.59. The zero-order valence-electron chi connectivity index (χ0n) is 22.8. The van der Waals surface area contributed by atoms with Gasteiger partial charge in [0.25, 0.3) is 0 Å². The fraction of sp³-hybridized carbons (Fsp3) is 0.471. The number of benzene rings is 2. The molecule has 0 N–H and O–H groups in total. The lowest BCUT2D eigenvalue weighted by Gasteiger charge is -2.37. The van der Waals surface area contributed by atoms with E-state index in [1.807, 2.05) is 12.1 Å². The third-order valence-corrected chi connectivity index (χ3v) is 8.92. The molecule has 210 valence electrons. The highest BCUT2D eigenvalue weighted by molar-refractivity contribution is 5.84. The monoisotopic (exact) mass is 542 g/mol. The van der Waals surface area contributed by atoms with Crippen molar-refractivity contribution in [3.63, 3.8) is 0 Å². The summed E-state index contributed by atoms with van der Waals surface area (Å²) in [5.41, 5.74) is 0.661. The summed E-state index contributed by atoms with van der Waals surface area (Å²) in [5, 5.41) is 0. The second-order valence-corrected chi connectivity index (χ2v) is 11.5. The number of halogens is 5. The van der Waals surface area contributed by atoms with E-state index in [4.69, 9.17) is 0 Å². The first-order valence-electron chi connectivity index (χ1n) is 14.2. The van der Waals surface area contributed by atoms with Crippen LogP contribution in [-0.2, 0) is 19.0 Å². The lowest BCUT2D eigenvalue weighted by molar-refractivity contribution is -0.138. The molecule has 4 rings (SSSR count). The molecule has 0 unspecified atom stereocenters. The summed E-state index contributed by atoms with van der Waals surface area (Å²) in [5.74, 6) is 0.652. The molecule has 0 aromatic heterocycles. The van der Waals surface area contributed by atoms with Gasteiger partial charge in [-0.3, -0.25) is 0 Å². The highest BCUT2D eigenvalue weighted by Gasteiger charge is 2.34. The number of rotatable bonds is 8. The Hall–Kier alpha value is -2.69. The molecule has 0 saturated heterocycles. The van der Waals surface area contributed by atoms with E-state index in [9.17, 15) is 13.2 Å². The third kappa shape index (κ3) is 6.91. The first-order chi connectivity index (χ1) is 18.6. The van der Waals surface area contributed by atoms with E-state index in [1.165, 1.54) is 44.6 Å². The molecule has 5 heteroatoms. The molecule has 0 heterocycles. The van der Waals surface area contributed by atoms with Gasteiger partial charge in [-0.15, -0.1) is 13.2 Å². The Kier molecular flexibility index (Phi) is 9.51. The van der Waals surface area contributed by atoms with Gasteiger partial charge in [-0.1, -0.05) is 56.2 Å². The van der Waals surface area contributed by atoms with Gasteiger partial charge in [0.15, 0.2) is 11.7 Å². The highest BCUT2D eigenvalue weighted by atomic mass is 19.4. The van der Waals surface area contributed by atoms with Crippen molar-refractivity contribution in [1.82, 2.24) is 0 Å². The van der Waals surface area contributed by atoms with Crippen molar-refractivity contribution in [3.05, 3.63) is 95.1 Å². The maximum absolute atomic E-state index is 15.5. The predicted octanol–water partition coefficient (Wildman–Crippen LogP) is 11.0. The van der Waals surface area contributed by atoms with Gasteiger partial charge < -0.3 is 0 Å². The first-order valence-corrected chi connectivity index (χ1v) is 14.2. The van der Waals surface area contributed by atoms with Crippen LogP contribution in [0.25, 0.3) is 11.7 Å². The number of hydrogen-bond acceptors (Lipinski definition) is 0. The van der Waals surface area contributed by atoms with E-state index >= 15 is 8.78 Å². The zero-order chi connectivity index (χ0) is 28.2. The van der Waals surface area contributed by atoms with Crippen LogP contribution in [0.3, 0.4) is 0 Å². The second-order valence-electron chi connectivity index (χ2n) is 11.5. The Morgan fingerprint density at radius 3 is 1.95 bits per heavy atom. The van der Waals surface area contributed by atoms with Crippen LogP contribution in [0, 0.1) is 17.8 Å². The number of hydrogen-bond donors (Lipinski definition) is 0. The molecule has 0 atom stereocenters. The minimum Gasteiger partial charge on any atom is -0.203 e. The molecule has 0 nitrogen and oxygen atoms in total. The quantitative estimate of drug-likeness (QED) is 0.177. The van der Waals surface area contributed by atoms with E-state index < -0.39 is 23.4 Å². The molecule has 0 aliphatic heterocycles. The largest absolute Gasteiger partial charge is 0.416 e. The van der Waals surface area contributed by atoms with E-state index in [2.05, 4.69) is 20.1 Å². The third-order valence-electron chi connectivity index (χ3n) is 8.92. The van der Waals surface area contributed by atoms with Crippen molar-refractivity contribution in [3.8, 4) is 0 Å². The average molecular weight is 543 g/mol. The molecule has 39 heavy (non-hydrogen) atoms. The first kappa shape index (κ1) is 29.3. The Bertz CT molecular complexity index is 1190. The van der Waals surface area contributed by atoms with Crippen molar-refractivity contribution < 1.29 is 22.0 Å². The van der Waals surface area contributed by atoms with Gasteiger partial charge in [0.1, 0.15) is 0 Å². The average Bonchev–Trinajstić information content (AvgIpc) is 2.92. The molecule has 0 bridgehead atoms. The topological polar surface area (TPSA) is 0 Å². The molecule has 2 aromatic carbocycles. The standard InChI is InChI=1S/C34H39F5/c1-4-6-27-20-26(25-14-12-24(13-15-25)23-10-8-22(3)9-11-23)16-18-30(27)33(36)32(35)29-17-19-31(34(37,38)39)28(21-29)7-5-2/h4-5,16-25H,1-2,6-15H2,3H3/b33-32+. The highest BCUT2D eigenvalue weighted by Crippen LogP contribution is 2.44. The number of alkyl halides is 3. The van der Waals surface area contributed by atoms with Gasteiger partial charge in [0.2, 0.25) is 0 Å². The van der Waals surface area contributed by atoms with Gasteiger partial charge in [0, 0.05) is 11.1 Å². The summed E-state index contributed by atoms with van der Waals surface area (Å²) in [6.07, 6.45) is 8.68. The normalized spacial score (nSPS) is 24.7. The van der Waals surface area contributed by atoms with Crippen molar-refractivity contribution in [1.29, 1.82) is 0 Å². The Morgan fingerprint density at radius 1 is 0.769 bits per heavy atom. The van der Waals surface area contributed by atoms with E-state index in [0.717, 1.165) is 54.4 Å². The minimum absolute atomic E-state index is 0.101. The second kappa shape index (κ2) is 12.7. The summed E-state index contributed by atoms with van der Waals surface area (Å²) in [7, 11) is 0. The van der Waals surface area contributed by atoms with Gasteiger partial charge in [-0.05, 0) is 104 Å². The molecule has 0 spiro atoms. The molecule has 2 aliphatic rings. The van der Waals surface area contributed by atoms with E-state index in [1.54, 1.807) is 12.1 Å². The fourth-order valence-electron chi connectivity index (χ4n) is 6.66. The van der Waals surface area contributed by atoms with E-state index in [-0.39, 0.29) is 23.1 Å². The summed E-state index contributed by atoms with van der Waals surface area (Å²) < 4.78 is 71.0. The Morgan fingerprint density at radius 2 is 1.36 bits per heavy atom. The smallest absolute Gasteiger partial charge is 0.203 e. The van der Waals surface area contributed by atoms with Crippen molar-refractivity contribution >= 4 is 11.7 Å². The SMILES string of the molecule is C=CCc1cc(C2CCC(C3CCC(C)CC3)CC2)ccc1/C(F)=C(\F)c1ccc(C(F)(F)F)c(CC=C)c1. The van der Waals surface area contributed by atoms with Crippen LogP contribution in [0.1, 0.15) is 97.6 Å². The molecular weight excluding hydrogens is 503 g/mol. The summed E-state index contributed by atoms with van der Waals surface area (Å²) >= 11 is 0. The summed E-state index contributed by atoms with van der Waals surface area (Å²) in [6, 6.07) is 8.32. The van der Waals surface area contributed by atoms with Crippen LogP contribution < -0.4 is 0 Å². The lowest BCUT2D eigenvalue weighted by atomic mass is 9.68. The lowest BCUT2D eigenvalue weighted by Crippen LogP contribution is -2.24. The van der Waals surface area contributed by atoms with Crippen LogP contribution in [-0.4, -0.2) is 0 Å². The predicted molar refractivity (Wildman–Crippen MR) is 151 cm³/mol. The van der Waals surface area contributed by atoms with Gasteiger partial charge in [0.05, 0.1) is 5.56 Å². The number of allylic oxidation sites excluding steroid dienone is 2. The summed E-state index contributed by atoms with van der Waals surface area (Å²) in [6.45, 7) is 9.63.